The number of hydrogen-bond acceptors (Lipinski definition) is 7. The zero-order valence-corrected chi connectivity index (χ0v) is 11.6. The van der Waals surface area contributed by atoms with E-state index < -0.39 is 5.97 Å². The summed E-state index contributed by atoms with van der Waals surface area (Å²) >= 11 is 0. The molecule has 108 valence electrons. The summed E-state index contributed by atoms with van der Waals surface area (Å²) in [5, 5.41) is 11.1. The highest BCUT2D eigenvalue weighted by atomic mass is 16.5. The number of hydrazone groups is 1. The third-order valence-corrected chi connectivity index (χ3v) is 2.39. The van der Waals surface area contributed by atoms with Gasteiger partial charge in [0.25, 0.3) is 0 Å². The number of nitrogen functional groups attached to an aromatic ring is 1. The van der Waals surface area contributed by atoms with Gasteiger partial charge in [-0.05, 0) is 26.0 Å². The van der Waals surface area contributed by atoms with E-state index in [2.05, 4.69) is 5.10 Å². The molecule has 1 rings (SSSR count). The van der Waals surface area contributed by atoms with Gasteiger partial charge < -0.3 is 21.1 Å². The number of nitrogens with zero attached hydrogens (tertiary/aromatic N) is 1. The SMILES string of the molecule is COc1c(N)cc(C(=O)OC(C)C)cc1C(=N)/C=N\N. The maximum atomic E-state index is 11.9. The Hall–Kier alpha value is -2.57. The lowest BCUT2D eigenvalue weighted by Gasteiger charge is -2.13. The monoisotopic (exact) mass is 278 g/mol. The molecule has 0 saturated carbocycles. The van der Waals surface area contributed by atoms with Gasteiger partial charge >= 0.3 is 5.97 Å². The molecule has 0 bridgehead atoms. The minimum Gasteiger partial charge on any atom is -0.494 e. The second-order valence-corrected chi connectivity index (χ2v) is 4.29. The molecule has 20 heavy (non-hydrogen) atoms. The van der Waals surface area contributed by atoms with Crippen LogP contribution in [0.5, 0.6) is 5.75 Å². The largest absolute Gasteiger partial charge is 0.494 e. The van der Waals surface area contributed by atoms with E-state index in [0.717, 1.165) is 6.21 Å². The molecule has 0 aliphatic carbocycles. The standard InChI is InChI=1S/C13H18N4O3/c1-7(2)20-13(18)8-4-9(11(15)6-17-16)12(19-3)10(14)5-8/h4-7,15H,14,16H2,1-3H3/b15-11?,17-6-. The summed E-state index contributed by atoms with van der Waals surface area (Å²) in [7, 11) is 1.42. The van der Waals surface area contributed by atoms with Crippen molar-refractivity contribution in [3.63, 3.8) is 0 Å². The Labute approximate surface area is 117 Å². The number of methoxy groups -OCH3 is 1. The highest BCUT2D eigenvalue weighted by Crippen LogP contribution is 2.28. The van der Waals surface area contributed by atoms with E-state index in [4.69, 9.17) is 26.5 Å². The number of benzene rings is 1. The van der Waals surface area contributed by atoms with E-state index in [-0.39, 0.29) is 28.8 Å². The number of esters is 1. The fraction of sp³-hybridized carbons (Fsp3) is 0.308. The Morgan fingerprint density at radius 2 is 2.10 bits per heavy atom. The van der Waals surface area contributed by atoms with E-state index in [1.807, 2.05) is 0 Å². The van der Waals surface area contributed by atoms with Gasteiger partial charge in [-0.15, -0.1) is 0 Å². The van der Waals surface area contributed by atoms with Crippen LogP contribution in [0, 0.1) is 5.41 Å². The molecule has 5 N–H and O–H groups in total. The number of carbonyl (C=O) groups excluding carboxylic acids is 1. The Kier molecular flexibility index (Phi) is 5.08. The van der Waals surface area contributed by atoms with Crippen LogP contribution in [-0.2, 0) is 4.74 Å². The summed E-state index contributed by atoms with van der Waals surface area (Å²) in [4.78, 5) is 11.9. The van der Waals surface area contributed by atoms with Crippen molar-refractivity contribution >= 4 is 23.6 Å². The zero-order valence-electron chi connectivity index (χ0n) is 11.6. The summed E-state index contributed by atoms with van der Waals surface area (Å²) in [5.74, 6) is 4.79. The third-order valence-electron chi connectivity index (χ3n) is 2.39. The summed E-state index contributed by atoms with van der Waals surface area (Å²) in [6.07, 6.45) is 0.883. The van der Waals surface area contributed by atoms with Crippen molar-refractivity contribution in [2.24, 2.45) is 10.9 Å². The quantitative estimate of drug-likeness (QED) is 0.245. The van der Waals surface area contributed by atoms with E-state index in [0.29, 0.717) is 5.56 Å². The number of nitrogens with one attached hydrogen (secondary N) is 1. The van der Waals surface area contributed by atoms with Gasteiger partial charge in [0.05, 0.1) is 36.4 Å². The maximum absolute atomic E-state index is 11.9. The lowest BCUT2D eigenvalue weighted by Crippen LogP contribution is -2.14. The van der Waals surface area contributed by atoms with Gasteiger partial charge in [0, 0.05) is 5.56 Å². The van der Waals surface area contributed by atoms with E-state index in [1.54, 1.807) is 13.8 Å². The Morgan fingerprint density at radius 3 is 2.60 bits per heavy atom. The van der Waals surface area contributed by atoms with E-state index >= 15 is 0 Å². The molecule has 0 spiro atoms. The molecule has 7 heteroatoms. The van der Waals surface area contributed by atoms with Gasteiger partial charge in [-0.2, -0.15) is 5.10 Å². The van der Waals surface area contributed by atoms with Crippen LogP contribution >= 0.6 is 0 Å². The van der Waals surface area contributed by atoms with Gasteiger partial charge in [0.1, 0.15) is 0 Å². The smallest absolute Gasteiger partial charge is 0.338 e. The number of rotatable bonds is 5. The fourth-order valence-electron chi connectivity index (χ4n) is 1.62. The van der Waals surface area contributed by atoms with Crippen molar-refractivity contribution in [2.45, 2.75) is 20.0 Å². The number of hydrogen-bond donors (Lipinski definition) is 3. The molecule has 0 atom stereocenters. The van der Waals surface area contributed by atoms with E-state index in [1.165, 1.54) is 19.2 Å². The lowest BCUT2D eigenvalue weighted by atomic mass is 10.0. The Morgan fingerprint density at radius 1 is 1.45 bits per heavy atom. The van der Waals surface area contributed by atoms with Crippen LogP contribution in [0.4, 0.5) is 5.69 Å². The van der Waals surface area contributed by atoms with Gasteiger partial charge in [-0.1, -0.05) is 0 Å². The average molecular weight is 278 g/mol. The number of nitrogens with two attached hydrogens (primary N) is 2. The predicted molar refractivity (Wildman–Crippen MR) is 77.5 cm³/mol. The third kappa shape index (κ3) is 3.47. The normalized spacial score (nSPS) is 10.8. The topological polar surface area (TPSA) is 124 Å². The summed E-state index contributed by atoms with van der Waals surface area (Å²) in [5.41, 5.74) is 6.60. The van der Waals surface area contributed by atoms with Crippen LogP contribution in [0.2, 0.25) is 0 Å². The minimum atomic E-state index is -0.520. The van der Waals surface area contributed by atoms with Gasteiger partial charge in [0.2, 0.25) is 0 Å². The van der Waals surface area contributed by atoms with Crippen molar-refractivity contribution in [1.29, 1.82) is 5.41 Å². The highest BCUT2D eigenvalue weighted by molar-refractivity contribution is 6.38. The molecule has 0 unspecified atom stereocenters. The minimum absolute atomic E-state index is 0.0183. The molecule has 1 aromatic rings. The zero-order chi connectivity index (χ0) is 15.3. The molecule has 0 aromatic heterocycles. The number of ether oxygens (including phenoxy) is 2. The highest BCUT2D eigenvalue weighted by Gasteiger charge is 2.17. The number of anilines is 1. The lowest BCUT2D eigenvalue weighted by molar-refractivity contribution is 0.0378. The summed E-state index contributed by atoms with van der Waals surface area (Å²) in [6.45, 7) is 3.49. The summed E-state index contributed by atoms with van der Waals surface area (Å²) < 4.78 is 10.2. The van der Waals surface area contributed by atoms with Crippen molar-refractivity contribution in [3.8, 4) is 5.75 Å². The summed E-state index contributed by atoms with van der Waals surface area (Å²) in [6, 6.07) is 2.91. The first-order valence-corrected chi connectivity index (χ1v) is 5.91. The van der Waals surface area contributed by atoms with Crippen molar-refractivity contribution < 1.29 is 14.3 Å². The van der Waals surface area contributed by atoms with E-state index in [9.17, 15) is 4.79 Å². The molecule has 0 fully saturated rings. The Bertz CT molecular complexity index is 553. The number of carbonyl (C=O) groups is 1. The molecular weight excluding hydrogens is 260 g/mol. The predicted octanol–water partition coefficient (Wildman–Crippen LogP) is 1.15. The second-order valence-electron chi connectivity index (χ2n) is 4.29. The van der Waals surface area contributed by atoms with Crippen LogP contribution < -0.4 is 16.3 Å². The maximum Gasteiger partial charge on any atom is 0.338 e. The van der Waals surface area contributed by atoms with Crippen LogP contribution in [0.15, 0.2) is 17.2 Å². The average Bonchev–Trinajstić information content (AvgIpc) is 2.37. The molecule has 0 aliphatic heterocycles. The fourth-order valence-corrected chi connectivity index (χ4v) is 1.62. The van der Waals surface area contributed by atoms with Crippen molar-refractivity contribution in [1.82, 2.24) is 0 Å². The first kappa shape index (κ1) is 15.5. The molecule has 7 nitrogen and oxygen atoms in total. The molecule has 0 amide bonds. The van der Waals surface area contributed by atoms with Crippen LogP contribution in [-0.4, -0.2) is 31.1 Å². The second kappa shape index (κ2) is 6.55. The van der Waals surface area contributed by atoms with Gasteiger partial charge in [-0.25, -0.2) is 4.79 Å². The molecule has 1 aromatic carbocycles. The molecule has 0 saturated heterocycles. The molecule has 0 aliphatic rings. The van der Waals surface area contributed by atoms with Crippen molar-refractivity contribution in [3.05, 3.63) is 23.3 Å². The van der Waals surface area contributed by atoms with Gasteiger partial charge in [-0.3, -0.25) is 5.41 Å². The Balaban J connectivity index is 3.31. The van der Waals surface area contributed by atoms with Crippen molar-refractivity contribution in [2.75, 3.05) is 12.8 Å². The molecule has 0 heterocycles. The van der Waals surface area contributed by atoms with Crippen LogP contribution in [0.25, 0.3) is 0 Å². The van der Waals surface area contributed by atoms with Gasteiger partial charge in [0.15, 0.2) is 5.75 Å². The molecular formula is C13H18N4O3. The first-order valence-electron chi connectivity index (χ1n) is 5.91. The first-order chi connectivity index (χ1) is 9.40. The molecule has 0 radical (unpaired) electrons. The van der Waals surface area contributed by atoms with Crippen LogP contribution in [0.3, 0.4) is 0 Å². The van der Waals surface area contributed by atoms with Crippen LogP contribution in [0.1, 0.15) is 29.8 Å².